The molecule has 0 radical (unpaired) electrons. The Bertz CT molecular complexity index is 1580. The summed E-state index contributed by atoms with van der Waals surface area (Å²) in [6.07, 6.45) is 1.52. The maximum atomic E-state index is 11.2. The highest BCUT2D eigenvalue weighted by Gasteiger charge is 2.15. The van der Waals surface area contributed by atoms with E-state index in [0.29, 0.717) is 45.4 Å². The first-order chi connectivity index (χ1) is 16.4. The van der Waals surface area contributed by atoms with E-state index >= 15 is 0 Å². The first-order valence-corrected chi connectivity index (χ1v) is 10.5. The summed E-state index contributed by atoms with van der Waals surface area (Å²) in [5, 5.41) is 21.7. The summed E-state index contributed by atoms with van der Waals surface area (Å²) in [5.41, 5.74) is 4.65. The summed E-state index contributed by atoms with van der Waals surface area (Å²) < 4.78 is 11.5. The zero-order chi connectivity index (χ0) is 23.8. The van der Waals surface area contributed by atoms with E-state index in [-0.39, 0.29) is 11.4 Å². The van der Waals surface area contributed by atoms with E-state index in [4.69, 9.17) is 8.83 Å². The molecular formula is C26H19N3O5. The van der Waals surface area contributed by atoms with Crippen LogP contribution in [0.2, 0.25) is 0 Å². The molecule has 0 amide bonds. The number of phenolic OH excluding ortho intramolecular Hbond substituents is 1. The number of hydrogen-bond donors (Lipinski definition) is 1. The monoisotopic (exact) mass is 453 g/mol. The van der Waals surface area contributed by atoms with Crippen molar-refractivity contribution in [3.8, 4) is 28.5 Å². The van der Waals surface area contributed by atoms with Crippen LogP contribution in [0.1, 0.15) is 16.9 Å². The molecular weight excluding hydrogens is 434 g/mol. The maximum Gasteiger partial charge on any atom is 0.273 e. The van der Waals surface area contributed by atoms with Crippen molar-refractivity contribution < 1.29 is 18.9 Å². The molecule has 0 aliphatic rings. The van der Waals surface area contributed by atoms with Crippen LogP contribution < -0.4 is 0 Å². The van der Waals surface area contributed by atoms with Crippen molar-refractivity contribution in [1.29, 1.82) is 0 Å². The van der Waals surface area contributed by atoms with Gasteiger partial charge in [-0.25, -0.2) is 4.98 Å². The number of rotatable bonds is 5. The number of phenols is 1. The topological polar surface area (TPSA) is 115 Å². The molecule has 168 valence electrons. The van der Waals surface area contributed by atoms with E-state index in [1.54, 1.807) is 43.3 Å². The van der Waals surface area contributed by atoms with Crippen LogP contribution in [0.15, 0.2) is 80.6 Å². The van der Waals surface area contributed by atoms with Crippen molar-refractivity contribution >= 4 is 28.7 Å². The van der Waals surface area contributed by atoms with Gasteiger partial charge >= 0.3 is 0 Å². The second-order valence-electron chi connectivity index (χ2n) is 7.91. The van der Waals surface area contributed by atoms with Crippen molar-refractivity contribution in [2.75, 3.05) is 0 Å². The fraction of sp³-hybridized carbons (Fsp3) is 0.0769. The van der Waals surface area contributed by atoms with E-state index in [1.165, 1.54) is 18.3 Å². The fourth-order valence-corrected chi connectivity index (χ4v) is 3.61. The third kappa shape index (κ3) is 4.04. The highest BCUT2D eigenvalue weighted by molar-refractivity contribution is 5.82. The number of aromatic hydroxyl groups is 1. The molecule has 0 atom stereocenters. The number of aryl methyl sites for hydroxylation is 2. The van der Waals surface area contributed by atoms with Gasteiger partial charge in [-0.15, -0.1) is 0 Å². The fourth-order valence-electron chi connectivity index (χ4n) is 3.61. The lowest BCUT2D eigenvalue weighted by Crippen LogP contribution is -1.91. The van der Waals surface area contributed by atoms with E-state index in [0.717, 1.165) is 11.1 Å². The number of aromatic nitrogens is 1. The minimum atomic E-state index is -0.414. The molecule has 0 fully saturated rings. The van der Waals surface area contributed by atoms with Gasteiger partial charge in [0.05, 0.1) is 22.4 Å². The van der Waals surface area contributed by atoms with Crippen LogP contribution in [0.25, 0.3) is 33.9 Å². The standard InChI is InChI=1S/C26H19N3O5/c1-15-3-9-25-21(11-15)28-26(34-25)20-8-6-18(13-23(20)30)27-14-19-7-10-24(33-19)17-5-4-16(2)22(12-17)29(31)32/h3-14,30H,1-2H3. The van der Waals surface area contributed by atoms with Crippen LogP contribution in [-0.2, 0) is 0 Å². The van der Waals surface area contributed by atoms with Crippen molar-refractivity contribution in [1.82, 2.24) is 4.98 Å². The van der Waals surface area contributed by atoms with Gasteiger partial charge in [-0.2, -0.15) is 0 Å². The Morgan fingerprint density at radius 3 is 2.65 bits per heavy atom. The minimum absolute atomic E-state index is 0.00923. The smallest absolute Gasteiger partial charge is 0.273 e. The van der Waals surface area contributed by atoms with Crippen LogP contribution in [0.5, 0.6) is 5.75 Å². The molecule has 0 unspecified atom stereocenters. The predicted octanol–water partition coefficient (Wildman–Crippen LogP) is 6.74. The summed E-state index contributed by atoms with van der Waals surface area (Å²) in [4.78, 5) is 19.6. The summed E-state index contributed by atoms with van der Waals surface area (Å²) in [6, 6.07) is 19.0. The predicted molar refractivity (Wildman–Crippen MR) is 129 cm³/mol. The Kier molecular flexibility index (Phi) is 5.18. The zero-order valence-electron chi connectivity index (χ0n) is 18.4. The lowest BCUT2D eigenvalue weighted by Gasteiger charge is -2.01. The first kappa shape index (κ1) is 21.1. The van der Waals surface area contributed by atoms with Crippen molar-refractivity contribution in [2.45, 2.75) is 13.8 Å². The molecule has 0 saturated heterocycles. The Balaban J connectivity index is 1.37. The van der Waals surface area contributed by atoms with Gasteiger partial charge in [-0.1, -0.05) is 18.2 Å². The Labute approximate surface area is 194 Å². The molecule has 2 aromatic heterocycles. The molecule has 0 bridgehead atoms. The molecule has 8 heteroatoms. The van der Waals surface area contributed by atoms with Crippen LogP contribution >= 0.6 is 0 Å². The molecule has 0 aliphatic carbocycles. The Morgan fingerprint density at radius 2 is 1.85 bits per heavy atom. The Hall–Kier alpha value is -4.72. The van der Waals surface area contributed by atoms with Crippen LogP contribution in [0, 0.1) is 24.0 Å². The lowest BCUT2D eigenvalue weighted by atomic mass is 10.1. The van der Waals surface area contributed by atoms with Gasteiger partial charge in [-0.05, 0) is 55.8 Å². The van der Waals surface area contributed by atoms with Gasteiger partial charge in [0.2, 0.25) is 5.89 Å². The first-order valence-electron chi connectivity index (χ1n) is 10.5. The molecule has 8 nitrogen and oxygen atoms in total. The molecule has 5 aromatic rings. The second-order valence-corrected chi connectivity index (χ2v) is 7.91. The summed E-state index contributed by atoms with van der Waals surface area (Å²) >= 11 is 0. The van der Waals surface area contributed by atoms with Gasteiger partial charge in [0.15, 0.2) is 5.58 Å². The minimum Gasteiger partial charge on any atom is -0.507 e. The molecule has 0 aliphatic heterocycles. The number of benzene rings is 3. The van der Waals surface area contributed by atoms with Crippen LogP contribution in [-0.4, -0.2) is 21.2 Å². The van der Waals surface area contributed by atoms with E-state index in [9.17, 15) is 15.2 Å². The van der Waals surface area contributed by atoms with Crippen molar-refractivity contribution in [3.63, 3.8) is 0 Å². The van der Waals surface area contributed by atoms with Gasteiger partial charge in [0.25, 0.3) is 5.69 Å². The highest BCUT2D eigenvalue weighted by Crippen LogP contribution is 2.34. The average molecular weight is 453 g/mol. The number of nitrogens with zero attached hydrogens (tertiary/aromatic N) is 3. The number of hydrogen-bond acceptors (Lipinski definition) is 7. The molecule has 3 aromatic carbocycles. The van der Waals surface area contributed by atoms with Crippen LogP contribution in [0.4, 0.5) is 11.4 Å². The largest absolute Gasteiger partial charge is 0.507 e. The number of aliphatic imine (C=N–C) groups is 1. The third-order valence-electron chi connectivity index (χ3n) is 5.41. The van der Waals surface area contributed by atoms with Gasteiger partial charge in [0, 0.05) is 23.3 Å². The van der Waals surface area contributed by atoms with E-state index in [1.807, 2.05) is 25.1 Å². The zero-order valence-corrected chi connectivity index (χ0v) is 18.4. The molecule has 0 saturated carbocycles. The maximum absolute atomic E-state index is 11.2. The molecule has 0 spiro atoms. The van der Waals surface area contributed by atoms with Crippen LogP contribution in [0.3, 0.4) is 0 Å². The number of oxazole rings is 1. The van der Waals surface area contributed by atoms with Crippen molar-refractivity contribution in [2.24, 2.45) is 4.99 Å². The molecule has 2 heterocycles. The summed E-state index contributed by atoms with van der Waals surface area (Å²) in [5.74, 6) is 1.28. The molecule has 5 rings (SSSR count). The second kappa shape index (κ2) is 8.32. The SMILES string of the molecule is Cc1ccc2oc(-c3ccc(N=Cc4ccc(-c5ccc(C)c([N+](=O)[O-])c5)o4)cc3O)nc2c1. The molecule has 1 N–H and O–H groups in total. The highest BCUT2D eigenvalue weighted by atomic mass is 16.6. The number of fused-ring (bicyclic) bond motifs is 1. The number of furan rings is 1. The normalized spacial score (nSPS) is 11.5. The lowest BCUT2D eigenvalue weighted by molar-refractivity contribution is -0.385. The van der Waals surface area contributed by atoms with Gasteiger partial charge in [0.1, 0.15) is 22.8 Å². The van der Waals surface area contributed by atoms with E-state index < -0.39 is 4.92 Å². The van der Waals surface area contributed by atoms with E-state index in [2.05, 4.69) is 9.98 Å². The quantitative estimate of drug-likeness (QED) is 0.179. The molecule has 34 heavy (non-hydrogen) atoms. The van der Waals surface area contributed by atoms with Crippen molar-refractivity contribution in [3.05, 3.63) is 93.7 Å². The number of nitro benzene ring substituents is 1. The van der Waals surface area contributed by atoms with Gasteiger partial charge < -0.3 is 13.9 Å². The average Bonchev–Trinajstić information content (AvgIpc) is 3.44. The Morgan fingerprint density at radius 1 is 1.00 bits per heavy atom. The summed E-state index contributed by atoms with van der Waals surface area (Å²) in [7, 11) is 0. The van der Waals surface area contributed by atoms with Gasteiger partial charge in [-0.3, -0.25) is 15.1 Å². The third-order valence-corrected chi connectivity index (χ3v) is 5.41. The number of nitro groups is 1. The summed E-state index contributed by atoms with van der Waals surface area (Å²) in [6.45, 7) is 3.67.